The van der Waals surface area contributed by atoms with Crippen molar-refractivity contribution in [3.05, 3.63) is 181 Å². The summed E-state index contributed by atoms with van der Waals surface area (Å²) in [5.74, 6) is -0.606. The number of hydrogen-bond donors (Lipinski definition) is 0. The molecule has 0 saturated heterocycles. The molecule has 0 heterocycles. The predicted molar refractivity (Wildman–Crippen MR) is 229 cm³/mol. The Bertz CT molecular complexity index is 2270. The Kier molecular flexibility index (Phi) is 20.1. The van der Waals surface area contributed by atoms with Gasteiger partial charge in [-0.05, 0) is 110 Å². The van der Waals surface area contributed by atoms with Gasteiger partial charge in [0.2, 0.25) is 27.2 Å². The molecule has 0 fully saturated rings. The second-order valence-electron chi connectivity index (χ2n) is 12.4. The second-order valence-corrected chi connectivity index (χ2v) is 12.4. The summed E-state index contributed by atoms with van der Waals surface area (Å²) in [4.78, 5) is 69.1. The van der Waals surface area contributed by atoms with Crippen LogP contribution in [0.15, 0.2) is 159 Å². The van der Waals surface area contributed by atoms with E-state index in [-0.39, 0.29) is 44.3 Å². The second kappa shape index (κ2) is 26.0. The van der Waals surface area contributed by atoms with Crippen LogP contribution in [0.3, 0.4) is 0 Å². The van der Waals surface area contributed by atoms with Crippen LogP contribution in [-0.2, 0) is 38.1 Å². The molecule has 0 unspecified atom stereocenters. The third kappa shape index (κ3) is 18.1. The van der Waals surface area contributed by atoms with Crippen LogP contribution in [0.4, 0.5) is 0 Å². The van der Waals surface area contributed by atoms with Crippen LogP contribution in [0.2, 0.25) is 0 Å². The van der Waals surface area contributed by atoms with Crippen LogP contribution in [-0.4, -0.2) is 62.6 Å². The highest BCUT2D eigenvalue weighted by atomic mass is 16.7. The highest BCUT2D eigenvalue weighted by molar-refractivity contribution is 6.07. The minimum atomic E-state index is -0.581. The van der Waals surface area contributed by atoms with Crippen molar-refractivity contribution in [1.82, 2.24) is 0 Å². The van der Waals surface area contributed by atoms with Gasteiger partial charge >= 0.3 is 23.9 Å². The number of ketones is 2. The first-order valence-electron chi connectivity index (χ1n) is 18.4. The van der Waals surface area contributed by atoms with Gasteiger partial charge in [0.25, 0.3) is 0 Å². The molecule has 62 heavy (non-hydrogen) atoms. The Morgan fingerprint density at radius 1 is 0.435 bits per heavy atom. The van der Waals surface area contributed by atoms with Gasteiger partial charge in [-0.2, -0.15) is 0 Å². The zero-order valence-electron chi connectivity index (χ0n) is 34.1. The lowest BCUT2D eigenvalue weighted by Gasteiger charge is -2.07. The Hall–Kier alpha value is -8.26. The van der Waals surface area contributed by atoms with Crippen molar-refractivity contribution in [3.63, 3.8) is 0 Å². The molecule has 0 aliphatic rings. The van der Waals surface area contributed by atoms with Gasteiger partial charge in [-0.15, -0.1) is 0 Å². The van der Waals surface area contributed by atoms with E-state index in [4.69, 9.17) is 37.9 Å². The third-order valence-corrected chi connectivity index (χ3v) is 7.61. The smallest absolute Gasteiger partial charge is 0.335 e. The molecular formula is C48H44O14. The van der Waals surface area contributed by atoms with Crippen LogP contribution >= 0.6 is 0 Å². The number of carbonyl (C=O) groups excluding carboxylic acids is 6. The number of rotatable bonds is 22. The molecule has 0 bridgehead atoms. The predicted octanol–water partition coefficient (Wildman–Crippen LogP) is 8.21. The molecule has 0 radical (unpaired) electrons. The number of benzene rings is 4. The van der Waals surface area contributed by atoms with E-state index in [1.165, 1.54) is 12.2 Å². The monoisotopic (exact) mass is 844 g/mol. The molecule has 0 aromatic heterocycles. The van der Waals surface area contributed by atoms with Crippen molar-refractivity contribution < 1.29 is 66.7 Å². The molecule has 14 heteroatoms. The standard InChI is InChI=1S/C25H24O7.C23H20O7/c1-17(2)24(27)31-15-29-21-10-5-19(6-11-21)7-14-23(26)20-8-12-22(13-9-20)30-16-32-25(28)18(3)4;1-3-22(25)29-15-27-19-10-5-17(6-11-19)7-14-21(24)18-8-12-20(13-9-18)28-16-30-23(26)4-2/h5-14H,1,3,15-16H2,2,4H3;3-14H,1-2,15-16H2/b2*14-7+. The minimum Gasteiger partial charge on any atom is -0.457 e. The van der Waals surface area contributed by atoms with E-state index in [0.29, 0.717) is 39.7 Å². The lowest BCUT2D eigenvalue weighted by Crippen LogP contribution is -2.10. The Morgan fingerprint density at radius 2 is 0.710 bits per heavy atom. The van der Waals surface area contributed by atoms with Gasteiger partial charge in [-0.3, -0.25) is 9.59 Å². The van der Waals surface area contributed by atoms with E-state index in [1.807, 2.05) is 0 Å². The summed E-state index contributed by atoms with van der Waals surface area (Å²) in [5.41, 5.74) is 3.13. The van der Waals surface area contributed by atoms with Gasteiger partial charge in [-0.25, -0.2) is 19.2 Å². The summed E-state index contributed by atoms with van der Waals surface area (Å²) >= 11 is 0. The first-order valence-corrected chi connectivity index (χ1v) is 18.4. The molecule has 0 amide bonds. The van der Waals surface area contributed by atoms with Crippen molar-refractivity contribution in [2.45, 2.75) is 13.8 Å². The number of hydrogen-bond acceptors (Lipinski definition) is 14. The Morgan fingerprint density at radius 3 is 0.984 bits per heavy atom. The maximum absolute atomic E-state index is 12.3. The van der Waals surface area contributed by atoms with Crippen LogP contribution < -0.4 is 18.9 Å². The summed E-state index contributed by atoms with van der Waals surface area (Å²) in [7, 11) is 0. The molecule has 0 atom stereocenters. The van der Waals surface area contributed by atoms with Gasteiger partial charge in [0, 0.05) is 34.4 Å². The summed E-state index contributed by atoms with van der Waals surface area (Å²) in [5, 5.41) is 0. The van der Waals surface area contributed by atoms with E-state index in [2.05, 4.69) is 26.3 Å². The third-order valence-electron chi connectivity index (χ3n) is 7.61. The summed E-state index contributed by atoms with van der Waals surface area (Å²) in [6.07, 6.45) is 8.34. The average Bonchev–Trinajstić information content (AvgIpc) is 3.28. The minimum absolute atomic E-state index is 0.183. The molecule has 4 aromatic carbocycles. The number of allylic oxidation sites excluding steroid dienone is 2. The van der Waals surface area contributed by atoms with Gasteiger partial charge < -0.3 is 37.9 Å². The summed E-state index contributed by atoms with van der Waals surface area (Å²) < 4.78 is 40.3. The van der Waals surface area contributed by atoms with Crippen molar-refractivity contribution in [1.29, 1.82) is 0 Å². The van der Waals surface area contributed by atoms with Crippen LogP contribution in [0.5, 0.6) is 23.0 Å². The van der Waals surface area contributed by atoms with Crippen molar-refractivity contribution in [3.8, 4) is 23.0 Å². The number of ether oxygens (including phenoxy) is 8. The van der Waals surface area contributed by atoms with Crippen LogP contribution in [0.25, 0.3) is 12.2 Å². The fraction of sp³-hybridized carbons (Fsp3) is 0.125. The van der Waals surface area contributed by atoms with Crippen LogP contribution in [0.1, 0.15) is 45.7 Å². The maximum atomic E-state index is 12.3. The SMILES string of the molecule is C=C(C)C(=O)OCOc1ccc(/C=C/C(=O)c2ccc(OCOC(=O)C(=C)C)cc2)cc1.C=CC(=O)OCOc1ccc(/C=C/C(=O)c2ccc(OCOC(=O)C=C)cc2)cc1. The van der Waals surface area contributed by atoms with E-state index >= 15 is 0 Å². The number of carbonyl (C=O) groups is 6. The molecule has 0 N–H and O–H groups in total. The van der Waals surface area contributed by atoms with Crippen molar-refractivity contribution >= 4 is 47.6 Å². The van der Waals surface area contributed by atoms with E-state index in [1.54, 1.807) is 123 Å². The fourth-order valence-corrected chi connectivity index (χ4v) is 4.29. The van der Waals surface area contributed by atoms with Gasteiger partial charge in [-0.1, -0.05) is 62.7 Å². The van der Waals surface area contributed by atoms with Crippen LogP contribution in [0, 0.1) is 0 Å². The molecule has 0 spiro atoms. The van der Waals surface area contributed by atoms with Gasteiger partial charge in [0.1, 0.15) is 23.0 Å². The highest BCUT2D eigenvalue weighted by Crippen LogP contribution is 2.18. The molecule has 4 aromatic rings. The highest BCUT2D eigenvalue weighted by Gasteiger charge is 2.07. The topological polar surface area (TPSA) is 176 Å². The van der Waals surface area contributed by atoms with Crippen molar-refractivity contribution in [2.75, 3.05) is 27.2 Å². The molecule has 0 aliphatic heterocycles. The molecule has 0 saturated carbocycles. The van der Waals surface area contributed by atoms with Crippen molar-refractivity contribution in [2.24, 2.45) is 0 Å². The van der Waals surface area contributed by atoms with E-state index in [0.717, 1.165) is 23.3 Å². The van der Waals surface area contributed by atoms with E-state index < -0.39 is 23.9 Å². The first-order chi connectivity index (χ1) is 29.8. The molecule has 4 rings (SSSR count). The van der Waals surface area contributed by atoms with Gasteiger partial charge in [0.05, 0.1) is 0 Å². The summed E-state index contributed by atoms with van der Waals surface area (Å²) in [6, 6.07) is 26.7. The van der Waals surface area contributed by atoms with E-state index in [9.17, 15) is 28.8 Å². The Balaban J connectivity index is 0.000000331. The molecule has 14 nitrogen and oxygen atoms in total. The van der Waals surface area contributed by atoms with Gasteiger partial charge in [0.15, 0.2) is 11.6 Å². The lowest BCUT2D eigenvalue weighted by molar-refractivity contribution is -0.146. The summed E-state index contributed by atoms with van der Waals surface area (Å²) in [6.45, 7) is 15.7. The zero-order valence-corrected chi connectivity index (χ0v) is 34.1. The lowest BCUT2D eigenvalue weighted by atomic mass is 10.1. The molecule has 320 valence electrons. The average molecular weight is 845 g/mol. The molecule has 0 aliphatic carbocycles. The number of esters is 4. The maximum Gasteiger partial charge on any atom is 0.335 e. The largest absolute Gasteiger partial charge is 0.457 e. The first kappa shape index (κ1) is 48.1. The zero-order chi connectivity index (χ0) is 45.3. The Labute approximate surface area is 358 Å². The fourth-order valence-electron chi connectivity index (χ4n) is 4.29. The molecular weight excluding hydrogens is 801 g/mol. The normalized spacial score (nSPS) is 10.2. The quantitative estimate of drug-likeness (QED) is 0.0243.